The number of esters is 3. The maximum atomic E-state index is 16.0. The Morgan fingerprint density at radius 1 is 0.312 bits per heavy atom. The van der Waals surface area contributed by atoms with E-state index in [2.05, 4.69) is 29.7 Å². The number of ketones is 1. The lowest BCUT2D eigenvalue weighted by Gasteiger charge is -2.40. The molecule has 5 aliphatic carbocycles. The van der Waals surface area contributed by atoms with Gasteiger partial charge in [0.05, 0.1) is 84.9 Å². The van der Waals surface area contributed by atoms with Crippen molar-refractivity contribution in [3.63, 3.8) is 0 Å². The lowest BCUT2D eigenvalue weighted by Crippen LogP contribution is -2.45. The number of carboxylic acids is 2. The number of halogens is 6. The molecule has 5 aromatic carbocycles. The van der Waals surface area contributed by atoms with Crippen LogP contribution in [0.25, 0.3) is 0 Å². The molecule has 144 heavy (non-hydrogen) atoms. The van der Waals surface area contributed by atoms with Crippen molar-refractivity contribution in [3.05, 3.63) is 149 Å². The van der Waals surface area contributed by atoms with E-state index in [0.29, 0.717) is 55.8 Å². The summed E-state index contributed by atoms with van der Waals surface area (Å²) in [4.78, 5) is 79.4. The molecule has 10 saturated heterocycles. The van der Waals surface area contributed by atoms with Crippen LogP contribution in [0, 0.1) is 0 Å². The second-order valence-corrected chi connectivity index (χ2v) is 41.5. The van der Waals surface area contributed by atoms with Crippen molar-refractivity contribution in [1.82, 2.24) is 24.9 Å². The van der Waals surface area contributed by atoms with Crippen LogP contribution in [0.3, 0.4) is 0 Å². The third-order valence-electron chi connectivity index (χ3n) is 33.9. The summed E-state index contributed by atoms with van der Waals surface area (Å²) < 4.78 is 147. The Balaban J connectivity index is 0.000000179. The summed E-state index contributed by atoms with van der Waals surface area (Å²) in [7, 11) is 11.7. The average Bonchev–Trinajstić information content (AvgIpc) is 1.62. The van der Waals surface area contributed by atoms with Gasteiger partial charge in [0.1, 0.15) is 34.5 Å². The molecule has 0 radical (unpaired) electrons. The molecular formula is C112H163ClF5N5O21. The van der Waals surface area contributed by atoms with Crippen LogP contribution in [0.5, 0.6) is 28.7 Å². The molecule has 5 spiro atoms. The molecule has 5 saturated carbocycles. The van der Waals surface area contributed by atoms with E-state index in [1.54, 1.807) is 108 Å². The Morgan fingerprint density at radius 3 is 0.729 bits per heavy atom. The molecule has 10 aliphatic heterocycles. The summed E-state index contributed by atoms with van der Waals surface area (Å²) in [6.07, 6.45) is 30.7. The van der Waals surface area contributed by atoms with Gasteiger partial charge in [0.15, 0.2) is 0 Å². The fraction of sp³-hybridized carbons (Fsp3) is 0.679. The summed E-state index contributed by atoms with van der Waals surface area (Å²) in [5.41, 5.74) is -6.44. The molecule has 15 aliphatic rings. The summed E-state index contributed by atoms with van der Waals surface area (Å²) in [6.45, 7) is 6.75. The fourth-order valence-electron chi connectivity index (χ4n) is 25.5. The van der Waals surface area contributed by atoms with Gasteiger partial charge in [-0.3, -0.25) is 24.4 Å². The first-order valence-corrected chi connectivity index (χ1v) is 50.6. The Bertz CT molecular complexity index is 4620. The molecule has 26 nitrogen and oxygen atoms in total. The highest BCUT2D eigenvalue weighted by Gasteiger charge is 2.62. The smallest absolute Gasteiger partial charge is 0.345 e. The summed E-state index contributed by atoms with van der Waals surface area (Å²) in [5.74, 6) is -4.12. The SMILES string of the molecule is C.C.C.C.COC(=O)[C@]1(F)CN(C2CCC3(CCCO3)CC2)C[C@H]1c1ccc(OC)cc1.COC(=O)[C@]1(F)CN(C2CCC3(CCCO3)CC2)C[C@H]1c1ccc(OC)cc1.COC(=O)[C@]1(F)CNC[C@H]1c1ccc(OC)cc1.COc1ccc([C@@H]2CN(C3CCC4(CCCO4)CC3)C[C@@]2(F)C(=O)O)cc1.COc1ccc([C@@H]2CN(C3CCC4(CCCO4)CC3)C[C@@]2(F)C(=O)O)cc1.Cl.O=C1CCC2(CCCO2)CC1. The number of ether oxygens (including phenoxy) is 13. The molecule has 20 rings (SSSR count). The standard InChI is InChI=1S/2C22H30FNO4.2C21H28FNO4.C13H16FNO3.C9H14O2.4CH4.ClH/c2*1-26-18-6-4-16(5-7-18)19-14-24(15-22(19,23)20(25)27-2)17-8-11-21(12-9-17)10-3-13-28-21;2*1-26-17-5-3-15(4-6-17)18-13-23(14-21(18,22)19(24)25)16-7-10-20(11-8-16)9-2-12-27-20;1-17-10-5-3-9(4-6-10)11-7-15-8-13(11,14)12(16)18-2;10-8-2-5-9(6-3-8)4-1-7-11-9;;;;;/h2*4-7,17,19H,3,8-15H2,1-2H3;2*3-6,16,18H,2,7-14H2,1H3,(H,24,25);3-6,11,15H,7-8H2,1-2H3;1-7H2;4*1H4;1H/t2*17?,19-,21?,22-;2*16?,18-,20?,21-;11-,13-;;;;;;/m00000....../s1. The molecular weight excluding hydrogens is 1880 g/mol. The van der Waals surface area contributed by atoms with Crippen LogP contribution >= 0.6 is 12.4 Å². The molecule has 804 valence electrons. The monoisotopic (exact) mass is 2040 g/mol. The van der Waals surface area contributed by atoms with E-state index in [0.717, 1.165) is 252 Å². The lowest BCUT2D eigenvalue weighted by atomic mass is 9.80. The van der Waals surface area contributed by atoms with Crippen molar-refractivity contribution in [3.8, 4) is 28.7 Å². The number of hydrogen-bond acceptors (Lipinski definition) is 24. The molecule has 15 fully saturated rings. The van der Waals surface area contributed by atoms with Gasteiger partial charge in [0, 0.05) is 165 Å². The normalized spacial score (nSPS) is 33.5. The van der Waals surface area contributed by atoms with Crippen LogP contribution in [0.1, 0.15) is 280 Å². The van der Waals surface area contributed by atoms with Crippen molar-refractivity contribution in [2.75, 3.05) is 155 Å². The second-order valence-electron chi connectivity index (χ2n) is 41.5. The highest BCUT2D eigenvalue weighted by Crippen LogP contribution is 2.53. The van der Waals surface area contributed by atoms with E-state index in [9.17, 15) is 43.4 Å². The van der Waals surface area contributed by atoms with Crippen LogP contribution < -0.4 is 29.0 Å². The number of alkyl halides is 5. The number of hydrogen-bond donors (Lipinski definition) is 3. The van der Waals surface area contributed by atoms with Gasteiger partial charge in [0.2, 0.25) is 28.3 Å². The first-order chi connectivity index (χ1) is 66.8. The Kier molecular flexibility index (Phi) is 41.5. The van der Waals surface area contributed by atoms with E-state index >= 15 is 17.6 Å². The first-order valence-electron chi connectivity index (χ1n) is 50.6. The van der Waals surface area contributed by atoms with Gasteiger partial charge < -0.3 is 77.1 Å². The van der Waals surface area contributed by atoms with E-state index < -0.39 is 87.8 Å². The zero-order valence-corrected chi connectivity index (χ0v) is 83.6. The minimum Gasteiger partial charge on any atom is -0.497 e. The molecule has 0 aromatic heterocycles. The molecule has 32 heteroatoms. The van der Waals surface area contributed by atoms with Crippen molar-refractivity contribution in [2.24, 2.45) is 0 Å². The fourth-order valence-corrected chi connectivity index (χ4v) is 25.5. The zero-order valence-electron chi connectivity index (χ0n) is 82.8. The van der Waals surface area contributed by atoms with E-state index in [1.165, 1.54) is 34.2 Å². The predicted octanol–water partition coefficient (Wildman–Crippen LogP) is 19.6. The summed E-state index contributed by atoms with van der Waals surface area (Å²) >= 11 is 0. The van der Waals surface area contributed by atoms with Crippen molar-refractivity contribution >= 4 is 48.0 Å². The molecule has 0 bridgehead atoms. The average molecular weight is 2050 g/mol. The number of carbonyl (C=O) groups excluding carboxylic acids is 4. The number of nitrogens with zero attached hydrogens (tertiary/aromatic N) is 4. The van der Waals surface area contributed by atoms with Gasteiger partial charge in [-0.25, -0.2) is 45.9 Å². The number of nitrogens with one attached hydrogen (secondary N) is 1. The number of carbonyl (C=O) groups is 6. The third kappa shape index (κ3) is 25.8. The summed E-state index contributed by atoms with van der Waals surface area (Å²) in [6, 6.07) is 37.0. The maximum absolute atomic E-state index is 16.0. The number of likely N-dealkylation sites (tertiary alicyclic amines) is 4. The second kappa shape index (κ2) is 50.8. The van der Waals surface area contributed by atoms with Gasteiger partial charge in [0.25, 0.3) is 0 Å². The lowest BCUT2D eigenvalue weighted by molar-refractivity contribution is -0.155. The van der Waals surface area contributed by atoms with Crippen LogP contribution in [-0.2, 0) is 66.7 Å². The zero-order chi connectivity index (χ0) is 98.6. The number of rotatable bonds is 19. The Morgan fingerprint density at radius 2 is 0.521 bits per heavy atom. The number of aliphatic carboxylic acids is 2. The van der Waals surface area contributed by atoms with Crippen molar-refractivity contribution in [1.29, 1.82) is 0 Å². The molecule has 5 aromatic rings. The number of methoxy groups -OCH3 is 8. The first kappa shape index (κ1) is 118. The molecule has 3 N–H and O–H groups in total. The largest absolute Gasteiger partial charge is 0.497 e. The molecule has 0 amide bonds. The highest BCUT2D eigenvalue weighted by molar-refractivity contribution is 5.86. The van der Waals surface area contributed by atoms with Gasteiger partial charge in [-0.05, 0) is 268 Å². The Hall–Kier alpha value is -8.34. The number of benzene rings is 5. The van der Waals surface area contributed by atoms with Gasteiger partial charge in [-0.1, -0.05) is 90.4 Å². The predicted molar refractivity (Wildman–Crippen MR) is 545 cm³/mol. The Labute approximate surface area is 856 Å². The van der Waals surface area contributed by atoms with E-state index in [-0.39, 0.29) is 127 Å². The number of Topliss-reactive ketones (excluding diaryl/α,β-unsaturated/α-hetero) is 1. The minimum atomic E-state index is -2.26. The number of carboxylic acid groups (broad SMARTS) is 2. The third-order valence-corrected chi connectivity index (χ3v) is 33.9. The van der Waals surface area contributed by atoms with Gasteiger partial charge >= 0.3 is 29.8 Å². The van der Waals surface area contributed by atoms with Crippen molar-refractivity contribution in [2.45, 2.75) is 332 Å². The molecule has 10 atom stereocenters. The van der Waals surface area contributed by atoms with E-state index in [1.807, 2.05) is 48.5 Å². The quantitative estimate of drug-likeness (QED) is 0.0393. The molecule has 0 unspecified atom stereocenters. The maximum Gasteiger partial charge on any atom is 0.345 e. The van der Waals surface area contributed by atoms with Crippen molar-refractivity contribution < 1.29 is 123 Å². The van der Waals surface area contributed by atoms with Crippen LogP contribution in [0.2, 0.25) is 0 Å². The van der Waals surface area contributed by atoms with Gasteiger partial charge in [-0.15, -0.1) is 12.4 Å². The van der Waals surface area contributed by atoms with E-state index in [4.69, 9.17) is 56.8 Å². The summed E-state index contributed by atoms with van der Waals surface area (Å²) in [5, 5.41) is 22.2. The highest BCUT2D eigenvalue weighted by atomic mass is 35.5. The topological polar surface area (TPSA) is 288 Å². The molecule has 10 heterocycles. The minimum absolute atomic E-state index is 0. The van der Waals surface area contributed by atoms with Crippen LogP contribution in [0.4, 0.5) is 22.0 Å². The van der Waals surface area contributed by atoms with Crippen LogP contribution in [-0.4, -0.2) is 301 Å². The van der Waals surface area contributed by atoms with Crippen LogP contribution in [0.15, 0.2) is 121 Å². The van der Waals surface area contributed by atoms with Gasteiger partial charge in [-0.2, -0.15) is 0 Å².